The van der Waals surface area contributed by atoms with Gasteiger partial charge in [0.2, 0.25) is 0 Å². The monoisotopic (exact) mass is 217 g/mol. The largest absolute Gasteiger partial charge is 0.396 e. The third kappa shape index (κ3) is 3.41. The van der Waals surface area contributed by atoms with Gasteiger partial charge in [0.15, 0.2) is 0 Å². The Kier molecular flexibility index (Phi) is 4.52. The lowest BCUT2D eigenvalue weighted by molar-refractivity contribution is -0.00461. The summed E-state index contributed by atoms with van der Waals surface area (Å²) in [6.07, 6.45) is 0.314. The van der Waals surface area contributed by atoms with Crippen LogP contribution in [-0.4, -0.2) is 62.7 Å². The van der Waals surface area contributed by atoms with Crippen molar-refractivity contribution >= 4 is 0 Å². The number of hydrogen-bond acceptors (Lipinski definition) is 4. The fourth-order valence-electron chi connectivity index (χ4n) is 2.06. The molecule has 2 unspecified atom stereocenters. The average Bonchev–Trinajstić information content (AvgIpc) is 2.59. The minimum absolute atomic E-state index is 0.0546. The van der Waals surface area contributed by atoms with E-state index in [1.165, 1.54) is 0 Å². The molecule has 0 aromatic carbocycles. The number of likely N-dealkylation sites (tertiary alicyclic amines) is 1. The number of aliphatic hydroxyl groups excluding tert-OH is 1. The first-order chi connectivity index (χ1) is 7.02. The SMILES string of the molecule is COC1CN(CC(C)(C)CO)CC1OC. The lowest BCUT2D eigenvalue weighted by Gasteiger charge is -2.27. The van der Waals surface area contributed by atoms with Crippen LogP contribution in [0, 0.1) is 5.41 Å². The number of hydrogen-bond donors (Lipinski definition) is 1. The Balaban J connectivity index is 2.47. The first-order valence-electron chi connectivity index (χ1n) is 5.41. The van der Waals surface area contributed by atoms with Crippen molar-refractivity contribution in [3.63, 3.8) is 0 Å². The number of nitrogens with zero attached hydrogens (tertiary/aromatic N) is 1. The molecule has 0 aromatic rings. The van der Waals surface area contributed by atoms with Gasteiger partial charge >= 0.3 is 0 Å². The Bertz CT molecular complexity index is 184. The molecule has 1 aliphatic rings. The molecule has 0 bridgehead atoms. The number of rotatable bonds is 5. The highest BCUT2D eigenvalue weighted by atomic mass is 16.5. The second-order valence-electron chi connectivity index (χ2n) is 5.06. The van der Waals surface area contributed by atoms with Gasteiger partial charge in [0, 0.05) is 45.9 Å². The van der Waals surface area contributed by atoms with Crippen molar-refractivity contribution in [2.75, 3.05) is 40.5 Å². The van der Waals surface area contributed by atoms with Crippen LogP contribution in [0.5, 0.6) is 0 Å². The molecule has 2 atom stereocenters. The Morgan fingerprint density at radius 1 is 1.20 bits per heavy atom. The van der Waals surface area contributed by atoms with Gasteiger partial charge in [-0.2, -0.15) is 0 Å². The standard InChI is InChI=1S/C11H23NO3/c1-11(2,8-13)7-12-5-9(14-3)10(6-12)15-4/h9-10,13H,5-8H2,1-4H3. The van der Waals surface area contributed by atoms with Crippen LogP contribution in [0.2, 0.25) is 0 Å². The molecule has 0 amide bonds. The minimum atomic E-state index is -0.0546. The molecular weight excluding hydrogens is 194 g/mol. The fourth-order valence-corrected chi connectivity index (χ4v) is 2.06. The van der Waals surface area contributed by atoms with Crippen LogP contribution in [0.3, 0.4) is 0 Å². The fraction of sp³-hybridized carbons (Fsp3) is 1.00. The van der Waals surface area contributed by atoms with Crippen molar-refractivity contribution in [3.8, 4) is 0 Å². The van der Waals surface area contributed by atoms with E-state index < -0.39 is 0 Å². The maximum absolute atomic E-state index is 9.21. The smallest absolute Gasteiger partial charge is 0.0971 e. The van der Waals surface area contributed by atoms with Crippen molar-refractivity contribution in [2.45, 2.75) is 26.1 Å². The minimum Gasteiger partial charge on any atom is -0.396 e. The van der Waals surface area contributed by atoms with Crippen molar-refractivity contribution in [3.05, 3.63) is 0 Å². The summed E-state index contributed by atoms with van der Waals surface area (Å²) in [5, 5.41) is 9.21. The molecule has 4 nitrogen and oxygen atoms in total. The second-order valence-corrected chi connectivity index (χ2v) is 5.06. The van der Waals surface area contributed by atoms with Crippen LogP contribution in [0.4, 0.5) is 0 Å². The molecule has 1 fully saturated rings. The highest BCUT2D eigenvalue weighted by Crippen LogP contribution is 2.22. The van der Waals surface area contributed by atoms with E-state index in [4.69, 9.17) is 9.47 Å². The van der Waals surface area contributed by atoms with E-state index in [1.807, 2.05) is 0 Å². The third-order valence-electron chi connectivity index (χ3n) is 2.98. The molecule has 0 spiro atoms. The molecule has 1 saturated heterocycles. The maximum Gasteiger partial charge on any atom is 0.0971 e. The van der Waals surface area contributed by atoms with Crippen molar-refractivity contribution in [1.82, 2.24) is 4.90 Å². The van der Waals surface area contributed by atoms with E-state index in [9.17, 15) is 5.11 Å². The van der Waals surface area contributed by atoms with Gasteiger partial charge in [0.05, 0.1) is 12.2 Å². The first-order valence-corrected chi connectivity index (χ1v) is 5.41. The molecule has 1 N–H and O–H groups in total. The molecule has 4 heteroatoms. The van der Waals surface area contributed by atoms with Gasteiger partial charge in [-0.3, -0.25) is 4.90 Å². The molecule has 0 radical (unpaired) electrons. The molecule has 0 aromatic heterocycles. The lowest BCUT2D eigenvalue weighted by atomic mass is 9.94. The summed E-state index contributed by atoms with van der Waals surface area (Å²) < 4.78 is 10.7. The van der Waals surface area contributed by atoms with E-state index in [1.54, 1.807) is 14.2 Å². The zero-order valence-corrected chi connectivity index (χ0v) is 10.2. The highest BCUT2D eigenvalue weighted by Gasteiger charge is 2.35. The Morgan fingerprint density at radius 2 is 1.67 bits per heavy atom. The van der Waals surface area contributed by atoms with Gasteiger partial charge in [-0.25, -0.2) is 0 Å². The third-order valence-corrected chi connectivity index (χ3v) is 2.98. The molecule has 0 aliphatic carbocycles. The van der Waals surface area contributed by atoms with Gasteiger partial charge in [-0.05, 0) is 0 Å². The van der Waals surface area contributed by atoms with Gasteiger partial charge in [0.25, 0.3) is 0 Å². The normalized spacial score (nSPS) is 28.6. The second kappa shape index (κ2) is 5.25. The van der Waals surface area contributed by atoms with Gasteiger partial charge in [-0.1, -0.05) is 13.8 Å². The van der Waals surface area contributed by atoms with Crippen LogP contribution in [0.25, 0.3) is 0 Å². The summed E-state index contributed by atoms with van der Waals surface area (Å²) >= 11 is 0. The van der Waals surface area contributed by atoms with Crippen molar-refractivity contribution in [2.24, 2.45) is 5.41 Å². The zero-order chi connectivity index (χ0) is 11.5. The highest BCUT2D eigenvalue weighted by molar-refractivity contribution is 4.88. The molecule has 90 valence electrons. The van der Waals surface area contributed by atoms with Crippen LogP contribution in [0.15, 0.2) is 0 Å². The Hall–Kier alpha value is -0.160. The van der Waals surface area contributed by atoms with E-state index in [2.05, 4.69) is 18.7 Å². The van der Waals surface area contributed by atoms with Crippen LogP contribution < -0.4 is 0 Å². The lowest BCUT2D eigenvalue weighted by Crippen LogP contribution is -2.35. The summed E-state index contributed by atoms with van der Waals surface area (Å²) in [7, 11) is 3.44. The topological polar surface area (TPSA) is 41.9 Å². The van der Waals surface area contributed by atoms with Gasteiger partial charge in [0.1, 0.15) is 0 Å². The van der Waals surface area contributed by atoms with Crippen molar-refractivity contribution in [1.29, 1.82) is 0 Å². The quantitative estimate of drug-likeness (QED) is 0.721. The summed E-state index contributed by atoms with van der Waals surface area (Å²) in [5.74, 6) is 0. The predicted molar refractivity (Wildman–Crippen MR) is 58.9 cm³/mol. The van der Waals surface area contributed by atoms with Gasteiger partial charge in [-0.15, -0.1) is 0 Å². The number of aliphatic hydroxyl groups is 1. The first kappa shape index (κ1) is 12.9. The van der Waals surface area contributed by atoms with E-state index in [0.717, 1.165) is 19.6 Å². The maximum atomic E-state index is 9.21. The predicted octanol–water partition coefficient (Wildman–Crippen LogP) is 0.351. The molecular formula is C11H23NO3. The molecule has 15 heavy (non-hydrogen) atoms. The molecule has 1 aliphatic heterocycles. The van der Waals surface area contributed by atoms with Crippen LogP contribution in [0.1, 0.15) is 13.8 Å². The van der Waals surface area contributed by atoms with Crippen molar-refractivity contribution < 1.29 is 14.6 Å². The molecule has 1 rings (SSSR count). The molecule has 1 heterocycles. The Labute approximate surface area is 92.2 Å². The summed E-state index contributed by atoms with van der Waals surface area (Å²) in [6.45, 7) is 6.99. The van der Waals surface area contributed by atoms with Gasteiger partial charge < -0.3 is 14.6 Å². The summed E-state index contributed by atoms with van der Waals surface area (Å²) in [5.41, 5.74) is -0.0546. The summed E-state index contributed by atoms with van der Waals surface area (Å²) in [4.78, 5) is 2.29. The Morgan fingerprint density at radius 3 is 2.00 bits per heavy atom. The summed E-state index contributed by atoms with van der Waals surface area (Å²) in [6, 6.07) is 0. The van der Waals surface area contributed by atoms with E-state index in [0.29, 0.717) is 0 Å². The zero-order valence-electron chi connectivity index (χ0n) is 10.2. The number of methoxy groups -OCH3 is 2. The average molecular weight is 217 g/mol. The van der Waals surface area contributed by atoms with Crippen LogP contribution >= 0.6 is 0 Å². The van der Waals surface area contributed by atoms with E-state index in [-0.39, 0.29) is 24.2 Å². The van der Waals surface area contributed by atoms with Crippen LogP contribution in [-0.2, 0) is 9.47 Å². The van der Waals surface area contributed by atoms with E-state index >= 15 is 0 Å². The number of ether oxygens (including phenoxy) is 2. The molecule has 0 saturated carbocycles.